The summed E-state index contributed by atoms with van der Waals surface area (Å²) in [4.78, 5) is 19.3. The summed E-state index contributed by atoms with van der Waals surface area (Å²) in [5.74, 6) is 0.334. The first-order chi connectivity index (χ1) is 14.7. The molecule has 5 rings (SSSR count). The lowest BCUT2D eigenvalue weighted by atomic mass is 9.86. The Morgan fingerprint density at radius 1 is 1.20 bits per heavy atom. The number of fused-ring (bicyclic) bond motifs is 2. The molecule has 0 N–H and O–H groups in total. The zero-order chi connectivity index (χ0) is 20.5. The van der Waals surface area contributed by atoms with Gasteiger partial charge < -0.3 is 9.15 Å². The number of para-hydroxylation sites is 1. The van der Waals surface area contributed by atoms with Gasteiger partial charge in [-0.1, -0.05) is 24.3 Å². The number of nitrogens with zero attached hydrogens (tertiary/aromatic N) is 3. The Kier molecular flexibility index (Phi) is 4.88. The van der Waals surface area contributed by atoms with Crippen molar-refractivity contribution in [2.45, 2.75) is 32.8 Å². The second-order valence-electron chi connectivity index (χ2n) is 7.16. The zero-order valence-corrected chi connectivity index (χ0v) is 17.2. The summed E-state index contributed by atoms with van der Waals surface area (Å²) in [5, 5.41) is 10.5. The van der Waals surface area contributed by atoms with Gasteiger partial charge in [-0.05, 0) is 54.0 Å². The molecule has 30 heavy (non-hydrogen) atoms. The maximum absolute atomic E-state index is 13.2. The summed E-state index contributed by atoms with van der Waals surface area (Å²) in [5.41, 5.74) is 4.38. The second-order valence-corrected chi connectivity index (χ2v) is 8.14. The normalized spacial score (nSPS) is 14.8. The monoisotopic (exact) mass is 417 g/mol. The van der Waals surface area contributed by atoms with E-state index in [9.17, 15) is 4.79 Å². The quantitative estimate of drug-likeness (QED) is 0.424. The van der Waals surface area contributed by atoms with Crippen molar-refractivity contribution >= 4 is 39.9 Å². The number of allylic oxidation sites excluding steroid dienone is 1. The molecule has 0 atom stereocenters. The summed E-state index contributed by atoms with van der Waals surface area (Å²) in [6, 6.07) is 11.8. The van der Waals surface area contributed by atoms with Gasteiger partial charge in [0.05, 0.1) is 16.8 Å². The minimum Gasteiger partial charge on any atom is -0.452 e. The number of carbonyl (C=O) groups is 1. The predicted molar refractivity (Wildman–Crippen MR) is 115 cm³/mol. The summed E-state index contributed by atoms with van der Waals surface area (Å²) in [7, 11) is 0. The van der Waals surface area contributed by atoms with E-state index in [1.165, 1.54) is 4.88 Å². The number of hydrogen-bond donors (Lipinski definition) is 0. The lowest BCUT2D eigenvalue weighted by Crippen LogP contribution is -2.15. The van der Waals surface area contributed by atoms with Crippen LogP contribution in [0, 0.1) is 6.92 Å². The molecule has 1 aliphatic carbocycles. The highest BCUT2D eigenvalue weighted by atomic mass is 32.1. The molecule has 1 aliphatic rings. The first kappa shape index (κ1) is 18.7. The summed E-state index contributed by atoms with van der Waals surface area (Å²) >= 11 is 1.69. The maximum Gasteiger partial charge on any atom is 0.339 e. The Labute approximate surface area is 177 Å². The molecule has 6 nitrogen and oxygen atoms in total. The highest BCUT2D eigenvalue weighted by molar-refractivity contribution is 7.10. The molecule has 3 heterocycles. The first-order valence-corrected chi connectivity index (χ1v) is 10.7. The van der Waals surface area contributed by atoms with Gasteiger partial charge in [0.2, 0.25) is 5.89 Å². The van der Waals surface area contributed by atoms with Gasteiger partial charge in [0.25, 0.3) is 5.89 Å². The number of benzene rings is 1. The van der Waals surface area contributed by atoms with Crippen molar-refractivity contribution in [3.05, 3.63) is 75.3 Å². The van der Waals surface area contributed by atoms with E-state index in [-0.39, 0.29) is 12.5 Å². The van der Waals surface area contributed by atoms with Crippen LogP contribution in [0.2, 0.25) is 0 Å². The van der Waals surface area contributed by atoms with Crippen molar-refractivity contribution in [2.75, 3.05) is 0 Å². The maximum atomic E-state index is 13.2. The van der Waals surface area contributed by atoms with Crippen LogP contribution in [0.25, 0.3) is 22.6 Å². The minimum atomic E-state index is -0.391. The van der Waals surface area contributed by atoms with E-state index < -0.39 is 5.97 Å². The van der Waals surface area contributed by atoms with Crippen molar-refractivity contribution in [2.24, 2.45) is 0 Å². The molecule has 0 bridgehead atoms. The molecule has 0 fully saturated rings. The van der Waals surface area contributed by atoms with Crippen LogP contribution in [0.3, 0.4) is 0 Å². The number of hydrogen-bond acceptors (Lipinski definition) is 7. The molecule has 0 spiro atoms. The number of ether oxygens (including phenoxy) is 1. The van der Waals surface area contributed by atoms with Gasteiger partial charge in [0.15, 0.2) is 6.61 Å². The van der Waals surface area contributed by atoms with E-state index in [1.54, 1.807) is 18.3 Å². The molecule has 0 radical (unpaired) electrons. The van der Waals surface area contributed by atoms with Gasteiger partial charge in [-0.25, -0.2) is 9.78 Å². The topological polar surface area (TPSA) is 78.1 Å². The van der Waals surface area contributed by atoms with E-state index in [0.717, 1.165) is 47.0 Å². The number of rotatable bonds is 4. The third-order valence-corrected chi connectivity index (χ3v) is 5.95. The van der Waals surface area contributed by atoms with Gasteiger partial charge >= 0.3 is 5.97 Å². The molecular formula is C23H19N3O3S. The van der Waals surface area contributed by atoms with E-state index in [0.29, 0.717) is 11.5 Å². The summed E-state index contributed by atoms with van der Waals surface area (Å²) in [6.45, 7) is 1.65. The van der Waals surface area contributed by atoms with Crippen molar-refractivity contribution in [3.63, 3.8) is 0 Å². The highest BCUT2D eigenvalue weighted by Crippen LogP contribution is 2.36. The Morgan fingerprint density at radius 3 is 2.90 bits per heavy atom. The van der Waals surface area contributed by atoms with Gasteiger partial charge in [0.1, 0.15) is 0 Å². The van der Waals surface area contributed by atoms with Crippen molar-refractivity contribution in [1.29, 1.82) is 0 Å². The molecule has 0 saturated heterocycles. The summed E-state index contributed by atoms with van der Waals surface area (Å²) in [6.07, 6.45) is 4.87. The largest absolute Gasteiger partial charge is 0.452 e. The Hall–Kier alpha value is -3.32. The molecule has 0 aliphatic heterocycles. The third kappa shape index (κ3) is 3.52. The smallest absolute Gasteiger partial charge is 0.339 e. The van der Waals surface area contributed by atoms with E-state index in [2.05, 4.69) is 27.7 Å². The van der Waals surface area contributed by atoms with Crippen LogP contribution in [0.4, 0.5) is 0 Å². The lowest BCUT2D eigenvalue weighted by Gasteiger charge is -2.22. The number of aryl methyl sites for hydroxylation is 1. The van der Waals surface area contributed by atoms with Crippen molar-refractivity contribution < 1.29 is 13.9 Å². The highest BCUT2D eigenvalue weighted by Gasteiger charge is 2.26. The average Bonchev–Trinajstić information content (AvgIpc) is 3.42. The van der Waals surface area contributed by atoms with Crippen LogP contribution in [0.1, 0.15) is 51.1 Å². The van der Waals surface area contributed by atoms with Crippen LogP contribution in [0.5, 0.6) is 0 Å². The second kappa shape index (κ2) is 7.84. The van der Waals surface area contributed by atoms with Crippen LogP contribution in [-0.2, 0) is 17.8 Å². The molecular weight excluding hydrogens is 398 g/mol. The number of esters is 1. The Morgan fingerprint density at radius 2 is 2.10 bits per heavy atom. The Balaban J connectivity index is 1.59. The van der Waals surface area contributed by atoms with Gasteiger partial charge in [-0.15, -0.1) is 21.5 Å². The Bertz CT molecular complexity index is 1260. The molecule has 0 amide bonds. The lowest BCUT2D eigenvalue weighted by molar-refractivity contribution is 0.0437. The molecule has 0 saturated carbocycles. The molecule has 150 valence electrons. The molecule has 4 aromatic rings. The van der Waals surface area contributed by atoms with Gasteiger partial charge in [0, 0.05) is 17.2 Å². The minimum absolute atomic E-state index is 0.0526. The van der Waals surface area contributed by atoms with Crippen molar-refractivity contribution in [3.8, 4) is 0 Å². The van der Waals surface area contributed by atoms with Crippen molar-refractivity contribution in [1.82, 2.24) is 15.2 Å². The number of thiophene rings is 1. The third-order valence-electron chi connectivity index (χ3n) is 5.13. The average molecular weight is 417 g/mol. The van der Waals surface area contributed by atoms with Crippen LogP contribution >= 0.6 is 11.3 Å². The number of pyridine rings is 1. The molecule has 1 aromatic carbocycles. The fraction of sp³-hybridized carbons (Fsp3) is 0.217. The fourth-order valence-corrected chi connectivity index (χ4v) is 4.53. The van der Waals surface area contributed by atoms with Crippen LogP contribution < -0.4 is 0 Å². The van der Waals surface area contributed by atoms with Crippen LogP contribution in [-0.4, -0.2) is 21.2 Å². The molecule has 0 unspecified atom stereocenters. The number of carbonyl (C=O) groups excluding carboxylic acids is 1. The van der Waals surface area contributed by atoms with Gasteiger partial charge in [-0.2, -0.15) is 0 Å². The standard InChI is InChI=1S/C23H19N3O3S/c1-14-25-26-20(29-14)13-28-23(27)21-17-8-2-3-10-19(17)24-22-15(6-4-9-18(21)22)12-16-7-5-11-30-16/h2-3,5,7-8,10-12H,4,6,9,13H2,1H3/b15-12+. The van der Waals surface area contributed by atoms with Gasteiger partial charge in [-0.3, -0.25) is 0 Å². The number of aromatic nitrogens is 3. The predicted octanol–water partition coefficient (Wildman–Crippen LogP) is 5.22. The van der Waals surface area contributed by atoms with E-state index >= 15 is 0 Å². The molecule has 3 aromatic heterocycles. The van der Waals surface area contributed by atoms with E-state index in [1.807, 2.05) is 30.3 Å². The zero-order valence-electron chi connectivity index (χ0n) is 16.4. The first-order valence-electron chi connectivity index (χ1n) is 9.81. The SMILES string of the molecule is Cc1nnc(COC(=O)c2c3c(nc4ccccc24)/C(=C/c2cccs2)CCC3)o1. The van der Waals surface area contributed by atoms with E-state index in [4.69, 9.17) is 14.1 Å². The fourth-order valence-electron chi connectivity index (χ4n) is 3.85. The summed E-state index contributed by atoms with van der Waals surface area (Å²) < 4.78 is 10.9. The van der Waals surface area contributed by atoms with Crippen LogP contribution in [0.15, 0.2) is 46.2 Å². The molecule has 7 heteroatoms.